The Labute approximate surface area is 212 Å². The number of carbonyl (C=O) groups excluding carboxylic acids is 2. The van der Waals surface area contributed by atoms with Gasteiger partial charge in [0.2, 0.25) is 0 Å². The van der Waals surface area contributed by atoms with Gasteiger partial charge in [0, 0.05) is 11.1 Å². The van der Waals surface area contributed by atoms with Crippen LogP contribution in [0, 0.1) is 0 Å². The van der Waals surface area contributed by atoms with Crippen LogP contribution in [0.3, 0.4) is 0 Å². The summed E-state index contributed by atoms with van der Waals surface area (Å²) in [6, 6.07) is 17.6. The van der Waals surface area contributed by atoms with Gasteiger partial charge in [-0.15, -0.1) is 0 Å². The Morgan fingerprint density at radius 2 is 1.22 bits per heavy atom. The van der Waals surface area contributed by atoms with Gasteiger partial charge in [0.05, 0.1) is 5.56 Å². The van der Waals surface area contributed by atoms with Crippen molar-refractivity contribution in [1.82, 2.24) is 0 Å². The number of rotatable bonds is 8. The van der Waals surface area contributed by atoms with Crippen molar-refractivity contribution in [3.8, 4) is 33.8 Å². The third-order valence-corrected chi connectivity index (χ3v) is 5.03. The fourth-order valence-electron chi connectivity index (χ4n) is 3.08. The van der Waals surface area contributed by atoms with E-state index in [0.717, 1.165) is 29.5 Å². The minimum atomic E-state index is -4.72. The monoisotopic (exact) mass is 508 g/mol. The lowest BCUT2D eigenvalue weighted by molar-refractivity contribution is -0.141. The van der Waals surface area contributed by atoms with Gasteiger partial charge < -0.3 is 14.2 Å². The molecule has 0 amide bonds. The minimum Gasteiger partial charge on any atom is -0.462 e. The first-order valence-electron chi connectivity index (χ1n) is 10.9. The second-order valence-corrected chi connectivity index (χ2v) is 8.06. The molecule has 0 aliphatic carbocycles. The van der Waals surface area contributed by atoms with E-state index in [9.17, 15) is 22.8 Å². The molecule has 8 heteroatoms. The number of esters is 2. The van der Waals surface area contributed by atoms with Gasteiger partial charge in [-0.25, -0.2) is 9.59 Å². The summed E-state index contributed by atoms with van der Waals surface area (Å²) in [6.45, 7) is 9.75. The molecular weight excluding hydrogens is 485 g/mol. The normalized spacial score (nSPS) is 11.2. The zero-order chi connectivity index (χ0) is 27.2. The van der Waals surface area contributed by atoms with E-state index < -0.39 is 29.4 Å². The number of carbonyl (C=O) groups is 2. The highest BCUT2D eigenvalue weighted by atomic mass is 19.4. The summed E-state index contributed by atoms with van der Waals surface area (Å²) in [7, 11) is 0. The van der Waals surface area contributed by atoms with Crippen molar-refractivity contribution in [2.24, 2.45) is 0 Å². The lowest BCUT2D eigenvalue weighted by Gasteiger charge is -2.15. The summed E-state index contributed by atoms with van der Waals surface area (Å²) < 4.78 is 55.9. The molecule has 0 N–H and O–H groups in total. The Kier molecular flexibility index (Phi) is 8.34. The summed E-state index contributed by atoms with van der Waals surface area (Å²) in [5, 5.41) is 0. The average molecular weight is 508 g/mol. The molecule has 0 heterocycles. The molecule has 0 unspecified atom stereocenters. The van der Waals surface area contributed by atoms with Crippen LogP contribution in [0.25, 0.3) is 22.3 Å². The predicted molar refractivity (Wildman–Crippen MR) is 133 cm³/mol. The van der Waals surface area contributed by atoms with Crippen LogP contribution >= 0.6 is 0 Å². The topological polar surface area (TPSA) is 61.8 Å². The molecule has 3 rings (SSSR count). The molecule has 3 aromatic rings. The number of halogens is 3. The first-order valence-corrected chi connectivity index (χ1v) is 10.9. The summed E-state index contributed by atoms with van der Waals surface area (Å²) in [5.41, 5.74) is 1.77. The third kappa shape index (κ3) is 7.20. The molecule has 0 bridgehead atoms. The number of hydrogen-bond donors (Lipinski definition) is 0. The van der Waals surface area contributed by atoms with Crippen molar-refractivity contribution in [1.29, 1.82) is 0 Å². The van der Waals surface area contributed by atoms with E-state index in [4.69, 9.17) is 14.2 Å². The number of alkyl halides is 3. The highest BCUT2D eigenvalue weighted by Gasteiger charge is 2.35. The number of ether oxygens (including phenoxy) is 3. The van der Waals surface area contributed by atoms with E-state index in [1.54, 1.807) is 36.4 Å². The zero-order valence-corrected chi connectivity index (χ0v) is 20.1. The van der Waals surface area contributed by atoms with Gasteiger partial charge >= 0.3 is 18.1 Å². The van der Waals surface area contributed by atoms with Crippen LogP contribution in [0.5, 0.6) is 11.5 Å². The smallest absolute Gasteiger partial charge is 0.420 e. The fourth-order valence-corrected chi connectivity index (χ4v) is 3.08. The van der Waals surface area contributed by atoms with Gasteiger partial charge in [0.25, 0.3) is 0 Å². The highest BCUT2D eigenvalue weighted by Crippen LogP contribution is 2.39. The van der Waals surface area contributed by atoms with E-state index in [1.165, 1.54) is 26.2 Å². The Morgan fingerprint density at radius 1 is 0.730 bits per heavy atom. The van der Waals surface area contributed by atoms with Crippen LogP contribution in [0.2, 0.25) is 0 Å². The van der Waals surface area contributed by atoms with Crippen molar-refractivity contribution in [3.05, 3.63) is 109 Å². The second kappa shape index (κ2) is 11.4. The molecule has 3 aromatic carbocycles. The standard InChI is InChI=1S/C29H23F3O5/c1-18(2)27(33)36-16-15-35-24-12-9-21(10-13-24)20-5-7-22(8-6-20)23-11-14-26(37-28(34)19(3)4)25(17-23)29(30,31)32/h5-17H,1,3H2,2,4H3. The molecule has 0 fully saturated rings. The molecule has 0 saturated carbocycles. The molecule has 0 atom stereocenters. The van der Waals surface area contributed by atoms with Gasteiger partial charge in [0.1, 0.15) is 24.0 Å². The minimum absolute atomic E-state index is 0.00653. The summed E-state index contributed by atoms with van der Waals surface area (Å²) in [4.78, 5) is 23.0. The van der Waals surface area contributed by atoms with Crippen LogP contribution < -0.4 is 9.47 Å². The Morgan fingerprint density at radius 3 is 1.73 bits per heavy atom. The molecule has 0 aromatic heterocycles. The highest BCUT2D eigenvalue weighted by molar-refractivity contribution is 5.89. The van der Waals surface area contributed by atoms with E-state index >= 15 is 0 Å². The lowest BCUT2D eigenvalue weighted by atomic mass is 9.98. The van der Waals surface area contributed by atoms with Crippen LogP contribution in [-0.4, -0.2) is 11.9 Å². The molecular formula is C29H23F3O5. The van der Waals surface area contributed by atoms with E-state index in [2.05, 4.69) is 13.2 Å². The van der Waals surface area contributed by atoms with Crippen LogP contribution in [0.4, 0.5) is 13.2 Å². The van der Waals surface area contributed by atoms with E-state index in [-0.39, 0.29) is 11.1 Å². The molecule has 5 nitrogen and oxygen atoms in total. The lowest BCUT2D eigenvalue weighted by Crippen LogP contribution is -2.14. The number of hydrogen-bond acceptors (Lipinski definition) is 5. The SMILES string of the molecule is C=C(C)C(=O)OC=COc1ccc(-c2ccc(-c3ccc(OC(=O)C(=C)C)c(C(F)(F)F)c3)cc2)cc1. The van der Waals surface area contributed by atoms with Gasteiger partial charge in [-0.2, -0.15) is 13.2 Å². The van der Waals surface area contributed by atoms with Crippen molar-refractivity contribution < 1.29 is 37.0 Å². The van der Waals surface area contributed by atoms with Crippen LogP contribution in [0.15, 0.2) is 104 Å². The van der Waals surface area contributed by atoms with Gasteiger partial charge in [0.15, 0.2) is 0 Å². The third-order valence-electron chi connectivity index (χ3n) is 5.03. The average Bonchev–Trinajstić information content (AvgIpc) is 2.86. The molecule has 190 valence electrons. The van der Waals surface area contributed by atoms with Crippen LogP contribution in [-0.2, 0) is 20.5 Å². The summed E-state index contributed by atoms with van der Waals surface area (Å²) in [6.07, 6.45) is -2.37. The molecule has 0 saturated heterocycles. The molecule has 0 spiro atoms. The van der Waals surface area contributed by atoms with E-state index in [0.29, 0.717) is 16.9 Å². The zero-order valence-electron chi connectivity index (χ0n) is 20.1. The van der Waals surface area contributed by atoms with Gasteiger partial charge in [-0.05, 0) is 60.4 Å². The molecule has 37 heavy (non-hydrogen) atoms. The maximum Gasteiger partial charge on any atom is 0.420 e. The summed E-state index contributed by atoms with van der Waals surface area (Å²) >= 11 is 0. The van der Waals surface area contributed by atoms with Crippen molar-refractivity contribution >= 4 is 11.9 Å². The van der Waals surface area contributed by atoms with Gasteiger partial charge in [-0.1, -0.05) is 55.6 Å². The number of benzene rings is 3. The quantitative estimate of drug-likeness (QED) is 0.137. The predicted octanol–water partition coefficient (Wildman–Crippen LogP) is 7.49. The molecule has 0 aliphatic rings. The first kappa shape index (κ1) is 27.0. The second-order valence-electron chi connectivity index (χ2n) is 8.06. The van der Waals surface area contributed by atoms with Crippen molar-refractivity contribution in [2.45, 2.75) is 20.0 Å². The van der Waals surface area contributed by atoms with Crippen molar-refractivity contribution in [3.63, 3.8) is 0 Å². The summed E-state index contributed by atoms with van der Waals surface area (Å²) in [5.74, 6) is -1.56. The van der Waals surface area contributed by atoms with Gasteiger partial charge in [-0.3, -0.25) is 0 Å². The maximum atomic E-state index is 13.6. The fraction of sp³-hybridized carbons (Fsp3) is 0.103. The first-order chi connectivity index (χ1) is 17.5. The largest absolute Gasteiger partial charge is 0.462 e. The Balaban J connectivity index is 1.75. The van der Waals surface area contributed by atoms with Crippen LogP contribution in [0.1, 0.15) is 19.4 Å². The maximum absolute atomic E-state index is 13.6. The molecule has 0 aliphatic heterocycles. The Hall–Kier alpha value is -4.59. The van der Waals surface area contributed by atoms with Crippen molar-refractivity contribution in [2.75, 3.05) is 0 Å². The molecule has 0 radical (unpaired) electrons. The Bertz CT molecular complexity index is 1350. The van der Waals surface area contributed by atoms with E-state index in [1.807, 2.05) is 12.1 Å².